The number of hydrogen-bond acceptors (Lipinski definition) is 3. The van der Waals surface area contributed by atoms with E-state index in [1.165, 1.54) is 0 Å². The van der Waals surface area contributed by atoms with Crippen LogP contribution >= 0.6 is 0 Å². The second kappa shape index (κ2) is 6.12. The molecule has 0 bridgehead atoms. The van der Waals surface area contributed by atoms with Gasteiger partial charge < -0.3 is 0 Å². The van der Waals surface area contributed by atoms with E-state index in [-0.39, 0.29) is 0 Å². The van der Waals surface area contributed by atoms with E-state index in [9.17, 15) is 9.70 Å². The van der Waals surface area contributed by atoms with Crippen molar-refractivity contribution in [1.29, 1.82) is 0 Å². The molecule has 0 aliphatic carbocycles. The van der Waals surface area contributed by atoms with Gasteiger partial charge in [0.1, 0.15) is 6.04 Å². The third-order valence-corrected chi connectivity index (χ3v) is 2.62. The lowest BCUT2D eigenvalue weighted by molar-refractivity contribution is -0.123. The molecule has 0 aliphatic heterocycles. The predicted molar refractivity (Wildman–Crippen MR) is 62.9 cm³/mol. The molecule has 1 amide bonds. The van der Waals surface area contributed by atoms with E-state index in [0.717, 1.165) is 5.56 Å². The standard InChI is InChI=1S/C12H16N2O2/c1-3-14(4-2)11(12(15)13-16)10-8-6-5-7-9-10/h5-9,11H,3-4H2,1-2H3/t11-/m1/s1. The summed E-state index contributed by atoms with van der Waals surface area (Å²) < 4.78 is 0. The lowest BCUT2D eigenvalue weighted by Gasteiger charge is -2.26. The van der Waals surface area contributed by atoms with Crippen LogP contribution in [0, 0.1) is 4.91 Å². The van der Waals surface area contributed by atoms with Gasteiger partial charge in [0.05, 0.1) is 0 Å². The van der Waals surface area contributed by atoms with Crippen LogP contribution in [0.1, 0.15) is 25.5 Å². The highest BCUT2D eigenvalue weighted by Crippen LogP contribution is 2.21. The molecular weight excluding hydrogens is 204 g/mol. The van der Waals surface area contributed by atoms with Gasteiger partial charge in [-0.15, -0.1) is 4.91 Å². The van der Waals surface area contributed by atoms with Gasteiger partial charge in [-0.05, 0) is 18.7 Å². The third-order valence-electron chi connectivity index (χ3n) is 2.62. The van der Waals surface area contributed by atoms with E-state index in [2.05, 4.69) is 5.18 Å². The Morgan fingerprint density at radius 1 is 1.25 bits per heavy atom. The van der Waals surface area contributed by atoms with Crippen molar-refractivity contribution < 1.29 is 4.79 Å². The van der Waals surface area contributed by atoms with Gasteiger partial charge in [0.15, 0.2) is 0 Å². The highest BCUT2D eigenvalue weighted by Gasteiger charge is 2.26. The molecule has 0 aliphatic rings. The molecule has 0 heterocycles. The molecule has 1 aromatic carbocycles. The van der Waals surface area contributed by atoms with Gasteiger partial charge in [-0.3, -0.25) is 9.69 Å². The van der Waals surface area contributed by atoms with Gasteiger partial charge >= 0.3 is 5.91 Å². The Bertz CT molecular complexity index is 347. The van der Waals surface area contributed by atoms with Crippen LogP contribution in [0.4, 0.5) is 0 Å². The fourth-order valence-corrected chi connectivity index (χ4v) is 1.78. The van der Waals surface area contributed by atoms with E-state index >= 15 is 0 Å². The molecular formula is C12H16N2O2. The number of benzene rings is 1. The molecule has 0 unspecified atom stereocenters. The van der Waals surface area contributed by atoms with Gasteiger partial charge in [-0.1, -0.05) is 44.2 Å². The van der Waals surface area contributed by atoms with Crippen molar-refractivity contribution in [2.75, 3.05) is 13.1 Å². The van der Waals surface area contributed by atoms with Crippen molar-refractivity contribution in [1.82, 2.24) is 4.90 Å². The maximum atomic E-state index is 11.6. The van der Waals surface area contributed by atoms with E-state index in [4.69, 9.17) is 0 Å². The Morgan fingerprint density at radius 3 is 2.25 bits per heavy atom. The molecule has 86 valence electrons. The van der Waals surface area contributed by atoms with Crippen LogP contribution in [-0.2, 0) is 4.79 Å². The maximum Gasteiger partial charge on any atom is 0.307 e. The Labute approximate surface area is 95.2 Å². The maximum absolute atomic E-state index is 11.6. The smallest absolute Gasteiger partial charge is 0.289 e. The summed E-state index contributed by atoms with van der Waals surface area (Å²) in [5, 5.41) is 2.55. The van der Waals surface area contributed by atoms with Crippen LogP contribution in [0.25, 0.3) is 0 Å². The lowest BCUT2D eigenvalue weighted by atomic mass is 10.0. The monoisotopic (exact) mass is 220 g/mol. The van der Waals surface area contributed by atoms with Crippen LogP contribution in [-0.4, -0.2) is 23.9 Å². The van der Waals surface area contributed by atoms with E-state index in [1.54, 1.807) is 0 Å². The van der Waals surface area contributed by atoms with Crippen molar-refractivity contribution in [2.24, 2.45) is 5.18 Å². The number of carbonyl (C=O) groups is 1. The first-order valence-corrected chi connectivity index (χ1v) is 5.40. The summed E-state index contributed by atoms with van der Waals surface area (Å²) in [6, 6.07) is 8.71. The number of hydrogen-bond donors (Lipinski definition) is 0. The van der Waals surface area contributed by atoms with Crippen LogP contribution in [0.3, 0.4) is 0 Å². The SMILES string of the molecule is CCN(CC)[C@@H](C(=O)N=O)c1ccccc1. The van der Waals surface area contributed by atoms with Crippen molar-refractivity contribution in [3.05, 3.63) is 40.8 Å². The number of rotatable bonds is 5. The molecule has 0 radical (unpaired) electrons. The fourth-order valence-electron chi connectivity index (χ4n) is 1.78. The van der Waals surface area contributed by atoms with Crippen LogP contribution in [0.15, 0.2) is 35.5 Å². The lowest BCUT2D eigenvalue weighted by Crippen LogP contribution is -2.33. The largest absolute Gasteiger partial charge is 0.307 e. The number of nitroso groups, excluding NO2 is 1. The molecule has 1 aromatic rings. The minimum Gasteiger partial charge on any atom is -0.289 e. The summed E-state index contributed by atoms with van der Waals surface area (Å²) in [6.45, 7) is 5.32. The topological polar surface area (TPSA) is 49.7 Å². The van der Waals surface area contributed by atoms with E-state index in [0.29, 0.717) is 13.1 Å². The number of likely N-dealkylation sites (N-methyl/N-ethyl adjacent to an activating group) is 1. The van der Waals surface area contributed by atoms with Gasteiger partial charge in [0, 0.05) is 5.18 Å². The fraction of sp³-hybridized carbons (Fsp3) is 0.417. The first-order valence-electron chi connectivity index (χ1n) is 5.40. The second-order valence-corrected chi connectivity index (χ2v) is 3.46. The summed E-state index contributed by atoms with van der Waals surface area (Å²) in [5.41, 5.74) is 0.816. The molecule has 0 N–H and O–H groups in total. The molecule has 1 rings (SSSR count). The van der Waals surface area contributed by atoms with Crippen LogP contribution < -0.4 is 0 Å². The average molecular weight is 220 g/mol. The van der Waals surface area contributed by atoms with Gasteiger partial charge in [-0.2, -0.15) is 0 Å². The predicted octanol–water partition coefficient (Wildman–Crippen LogP) is 2.36. The first-order chi connectivity index (χ1) is 7.74. The van der Waals surface area contributed by atoms with E-state index < -0.39 is 11.9 Å². The summed E-state index contributed by atoms with van der Waals surface area (Å²) in [5.74, 6) is -0.630. The zero-order valence-electron chi connectivity index (χ0n) is 9.59. The minimum absolute atomic E-state index is 0.548. The van der Waals surface area contributed by atoms with Crippen molar-refractivity contribution in [3.8, 4) is 0 Å². The molecule has 16 heavy (non-hydrogen) atoms. The Kier molecular flexibility index (Phi) is 4.79. The Balaban J connectivity index is 3.05. The zero-order chi connectivity index (χ0) is 12.0. The van der Waals surface area contributed by atoms with Gasteiger partial charge in [0.25, 0.3) is 0 Å². The quantitative estimate of drug-likeness (QED) is 0.716. The van der Waals surface area contributed by atoms with Crippen LogP contribution in [0.5, 0.6) is 0 Å². The molecule has 0 fully saturated rings. The summed E-state index contributed by atoms with van der Waals surface area (Å²) in [6.07, 6.45) is 0. The number of nitrogens with zero attached hydrogens (tertiary/aromatic N) is 2. The average Bonchev–Trinajstić information content (AvgIpc) is 2.36. The summed E-state index contributed by atoms with van der Waals surface area (Å²) in [7, 11) is 0. The second-order valence-electron chi connectivity index (χ2n) is 3.46. The highest BCUT2D eigenvalue weighted by molar-refractivity contribution is 5.83. The number of amides is 1. The first kappa shape index (κ1) is 12.5. The molecule has 0 saturated heterocycles. The normalized spacial score (nSPS) is 12.4. The molecule has 0 aromatic heterocycles. The molecule has 4 nitrogen and oxygen atoms in total. The molecule has 4 heteroatoms. The highest BCUT2D eigenvalue weighted by atomic mass is 16.3. The molecule has 1 atom stereocenters. The third kappa shape index (κ3) is 2.73. The Morgan fingerprint density at radius 2 is 1.81 bits per heavy atom. The summed E-state index contributed by atoms with van der Waals surface area (Å²) in [4.78, 5) is 23.9. The molecule has 0 saturated carbocycles. The Hall–Kier alpha value is -1.55. The van der Waals surface area contributed by atoms with Crippen molar-refractivity contribution in [2.45, 2.75) is 19.9 Å². The minimum atomic E-state index is -0.630. The zero-order valence-corrected chi connectivity index (χ0v) is 9.59. The van der Waals surface area contributed by atoms with Gasteiger partial charge in [0.2, 0.25) is 0 Å². The van der Waals surface area contributed by atoms with Crippen molar-refractivity contribution in [3.63, 3.8) is 0 Å². The van der Waals surface area contributed by atoms with Gasteiger partial charge in [-0.25, -0.2) is 0 Å². The van der Waals surface area contributed by atoms with Crippen LogP contribution in [0.2, 0.25) is 0 Å². The molecule has 0 spiro atoms. The summed E-state index contributed by atoms with van der Waals surface area (Å²) >= 11 is 0. The number of carbonyl (C=O) groups excluding carboxylic acids is 1. The van der Waals surface area contributed by atoms with E-state index in [1.807, 2.05) is 49.1 Å². The van der Waals surface area contributed by atoms with Crippen molar-refractivity contribution >= 4 is 5.91 Å².